The van der Waals surface area contributed by atoms with Crippen molar-refractivity contribution in [2.45, 2.75) is 5.16 Å². The smallest absolute Gasteiger partial charge is 0.348 e. The first-order valence-electron chi connectivity index (χ1n) is 4.76. The van der Waals surface area contributed by atoms with Crippen LogP contribution in [0.25, 0.3) is 5.69 Å². The van der Waals surface area contributed by atoms with Crippen LogP contribution in [0.2, 0.25) is 0 Å². The standard InChI is InChI=1S/C10H9N3O3S/c14-8(15)6-17-10-12-11-9(16)13(10)7-4-2-1-3-5-7/h1-5H,6H2,(H,11,16)(H,14,15). The minimum Gasteiger partial charge on any atom is -0.481 e. The predicted octanol–water partition coefficient (Wildman–Crippen LogP) is 0.737. The zero-order valence-electron chi connectivity index (χ0n) is 8.66. The number of aromatic nitrogens is 3. The lowest BCUT2D eigenvalue weighted by molar-refractivity contribution is -0.133. The van der Waals surface area contributed by atoms with Gasteiger partial charge >= 0.3 is 11.7 Å². The van der Waals surface area contributed by atoms with E-state index in [0.29, 0.717) is 10.8 Å². The summed E-state index contributed by atoms with van der Waals surface area (Å²) in [5.41, 5.74) is 0.267. The van der Waals surface area contributed by atoms with Crippen molar-refractivity contribution in [3.8, 4) is 5.69 Å². The van der Waals surface area contributed by atoms with Crippen LogP contribution in [0.1, 0.15) is 0 Å². The first-order chi connectivity index (χ1) is 8.18. The Hall–Kier alpha value is -2.02. The molecule has 0 aliphatic rings. The highest BCUT2D eigenvalue weighted by atomic mass is 32.2. The Morgan fingerprint density at radius 1 is 1.41 bits per heavy atom. The third kappa shape index (κ3) is 2.56. The number of hydrogen-bond donors (Lipinski definition) is 2. The largest absolute Gasteiger partial charge is 0.481 e. The molecule has 0 aliphatic carbocycles. The average Bonchev–Trinajstić information content (AvgIpc) is 2.69. The SMILES string of the molecule is O=C(O)CSc1n[nH]c(=O)n1-c1ccccc1. The van der Waals surface area contributed by atoms with Crippen molar-refractivity contribution in [1.82, 2.24) is 14.8 Å². The first kappa shape index (κ1) is 11.5. The summed E-state index contributed by atoms with van der Waals surface area (Å²) in [5.74, 6) is -1.10. The van der Waals surface area contributed by atoms with Gasteiger partial charge in [-0.1, -0.05) is 30.0 Å². The zero-order valence-corrected chi connectivity index (χ0v) is 9.48. The maximum atomic E-state index is 11.6. The molecule has 0 aliphatic heterocycles. The average molecular weight is 251 g/mol. The molecule has 88 valence electrons. The van der Waals surface area contributed by atoms with Crippen molar-refractivity contribution in [1.29, 1.82) is 0 Å². The summed E-state index contributed by atoms with van der Waals surface area (Å²) in [6.07, 6.45) is 0. The highest BCUT2D eigenvalue weighted by Gasteiger charge is 2.11. The molecule has 1 aromatic carbocycles. The third-order valence-electron chi connectivity index (χ3n) is 1.98. The normalized spacial score (nSPS) is 10.4. The van der Waals surface area contributed by atoms with E-state index in [4.69, 9.17) is 5.11 Å². The van der Waals surface area contributed by atoms with Gasteiger partial charge in [-0.25, -0.2) is 14.5 Å². The van der Waals surface area contributed by atoms with E-state index in [-0.39, 0.29) is 11.4 Å². The van der Waals surface area contributed by atoms with E-state index in [1.54, 1.807) is 24.3 Å². The monoisotopic (exact) mass is 251 g/mol. The van der Waals surface area contributed by atoms with Crippen LogP contribution >= 0.6 is 11.8 Å². The fourth-order valence-corrected chi connectivity index (χ4v) is 1.99. The van der Waals surface area contributed by atoms with Crippen molar-refractivity contribution < 1.29 is 9.90 Å². The fourth-order valence-electron chi connectivity index (χ4n) is 1.31. The maximum Gasteiger partial charge on any atom is 0.348 e. The van der Waals surface area contributed by atoms with Crippen LogP contribution in [0.5, 0.6) is 0 Å². The number of H-pyrrole nitrogens is 1. The van der Waals surface area contributed by atoms with Gasteiger partial charge in [0.15, 0.2) is 5.16 Å². The van der Waals surface area contributed by atoms with Gasteiger partial charge < -0.3 is 5.11 Å². The number of nitrogens with zero attached hydrogens (tertiary/aromatic N) is 2. The van der Waals surface area contributed by atoms with Crippen LogP contribution < -0.4 is 5.69 Å². The van der Waals surface area contributed by atoms with Gasteiger partial charge in [-0.2, -0.15) is 0 Å². The molecule has 0 saturated heterocycles. The van der Waals surface area contributed by atoms with Gasteiger partial charge in [0, 0.05) is 0 Å². The van der Waals surface area contributed by atoms with E-state index in [2.05, 4.69) is 10.2 Å². The molecule has 6 nitrogen and oxygen atoms in total. The molecule has 0 atom stereocenters. The van der Waals surface area contributed by atoms with Crippen molar-refractivity contribution >= 4 is 17.7 Å². The number of carboxylic acid groups (broad SMARTS) is 1. The summed E-state index contributed by atoms with van der Waals surface area (Å²) < 4.78 is 1.34. The molecule has 0 radical (unpaired) electrons. The molecule has 2 N–H and O–H groups in total. The van der Waals surface area contributed by atoms with Crippen LogP contribution in [-0.2, 0) is 4.79 Å². The molecule has 0 saturated carbocycles. The van der Waals surface area contributed by atoms with Crippen LogP contribution in [0.15, 0.2) is 40.3 Å². The molecule has 0 unspecified atom stereocenters. The Morgan fingerprint density at radius 3 is 2.76 bits per heavy atom. The van der Waals surface area contributed by atoms with Crippen LogP contribution in [0, 0.1) is 0 Å². The second kappa shape index (κ2) is 4.88. The van der Waals surface area contributed by atoms with Gasteiger partial charge in [0.05, 0.1) is 11.4 Å². The van der Waals surface area contributed by atoms with Gasteiger partial charge in [-0.05, 0) is 12.1 Å². The van der Waals surface area contributed by atoms with Crippen molar-refractivity contribution in [2.75, 3.05) is 5.75 Å². The minimum atomic E-state index is -0.954. The number of carbonyl (C=O) groups is 1. The number of benzene rings is 1. The van der Waals surface area contributed by atoms with Crippen molar-refractivity contribution in [3.05, 3.63) is 40.8 Å². The van der Waals surface area contributed by atoms with E-state index in [1.165, 1.54) is 4.57 Å². The first-order valence-corrected chi connectivity index (χ1v) is 5.74. The van der Waals surface area contributed by atoms with Crippen LogP contribution in [0.3, 0.4) is 0 Å². The molecule has 0 bridgehead atoms. The quantitative estimate of drug-likeness (QED) is 0.782. The van der Waals surface area contributed by atoms with E-state index >= 15 is 0 Å². The van der Waals surface area contributed by atoms with Gasteiger partial charge in [0.25, 0.3) is 0 Å². The summed E-state index contributed by atoms with van der Waals surface area (Å²) in [4.78, 5) is 22.1. The Labute approximate surface area is 100 Å². The fraction of sp³-hybridized carbons (Fsp3) is 0.100. The van der Waals surface area contributed by atoms with Crippen molar-refractivity contribution in [2.24, 2.45) is 0 Å². The Morgan fingerprint density at radius 2 is 2.12 bits per heavy atom. The minimum absolute atomic E-state index is 0.142. The summed E-state index contributed by atoms with van der Waals surface area (Å²) in [5, 5.41) is 15.0. The van der Waals surface area contributed by atoms with E-state index < -0.39 is 5.97 Å². The van der Waals surface area contributed by atoms with Gasteiger partial charge in [-0.3, -0.25) is 4.79 Å². The molecular formula is C10H9N3O3S. The Kier molecular flexibility index (Phi) is 3.29. The van der Waals surface area contributed by atoms with Gasteiger partial charge in [0.2, 0.25) is 0 Å². The summed E-state index contributed by atoms with van der Waals surface area (Å²) in [7, 11) is 0. The number of hydrogen-bond acceptors (Lipinski definition) is 4. The van der Waals surface area contributed by atoms with Gasteiger partial charge in [-0.15, -0.1) is 5.10 Å². The Balaban J connectivity index is 2.37. The lowest BCUT2D eigenvalue weighted by atomic mass is 10.3. The van der Waals surface area contributed by atoms with E-state index in [1.807, 2.05) is 6.07 Å². The molecule has 1 heterocycles. The number of para-hydroxylation sites is 1. The summed E-state index contributed by atoms with van der Waals surface area (Å²) >= 11 is 0.992. The molecular weight excluding hydrogens is 242 g/mol. The van der Waals surface area contributed by atoms with Crippen LogP contribution in [-0.4, -0.2) is 31.6 Å². The summed E-state index contributed by atoms with van der Waals surface area (Å²) in [6, 6.07) is 8.92. The lowest BCUT2D eigenvalue weighted by Crippen LogP contribution is -2.15. The number of thioether (sulfide) groups is 1. The second-order valence-corrected chi connectivity index (χ2v) is 4.11. The number of rotatable bonds is 4. The molecule has 7 heteroatoms. The number of carboxylic acids is 1. The molecule has 2 rings (SSSR count). The topological polar surface area (TPSA) is 88.0 Å². The summed E-state index contributed by atoms with van der Waals surface area (Å²) in [6.45, 7) is 0. The highest BCUT2D eigenvalue weighted by molar-refractivity contribution is 7.99. The Bertz CT molecular complexity index is 576. The third-order valence-corrected chi connectivity index (χ3v) is 2.90. The number of nitrogens with one attached hydrogen (secondary N) is 1. The predicted molar refractivity (Wildman–Crippen MR) is 62.5 cm³/mol. The molecule has 0 amide bonds. The number of aromatic amines is 1. The molecule has 17 heavy (non-hydrogen) atoms. The lowest BCUT2D eigenvalue weighted by Gasteiger charge is -2.03. The number of aliphatic carboxylic acids is 1. The second-order valence-electron chi connectivity index (χ2n) is 3.16. The van der Waals surface area contributed by atoms with Gasteiger partial charge in [0.1, 0.15) is 0 Å². The molecule has 0 spiro atoms. The molecule has 2 aromatic rings. The molecule has 1 aromatic heterocycles. The maximum absolute atomic E-state index is 11.6. The molecule has 0 fully saturated rings. The zero-order chi connectivity index (χ0) is 12.3. The van der Waals surface area contributed by atoms with E-state index in [0.717, 1.165) is 11.8 Å². The van der Waals surface area contributed by atoms with Crippen molar-refractivity contribution in [3.63, 3.8) is 0 Å². The van der Waals surface area contributed by atoms with Crippen LogP contribution in [0.4, 0.5) is 0 Å². The highest BCUT2D eigenvalue weighted by Crippen LogP contribution is 2.16. The van der Waals surface area contributed by atoms with E-state index in [9.17, 15) is 9.59 Å².